The molecule has 0 aliphatic heterocycles. The van der Waals surface area contributed by atoms with Gasteiger partial charge in [-0.2, -0.15) is 0 Å². The van der Waals surface area contributed by atoms with Crippen LogP contribution in [-0.4, -0.2) is 0 Å². The summed E-state index contributed by atoms with van der Waals surface area (Å²) >= 11 is 10.3. The molecule has 0 amide bonds. The fourth-order valence-electron chi connectivity index (χ4n) is 6.48. The van der Waals surface area contributed by atoms with Gasteiger partial charge in [-0.15, -0.1) is 4.20 Å². The van der Waals surface area contributed by atoms with E-state index in [1.165, 1.54) is 0 Å². The van der Waals surface area contributed by atoms with Gasteiger partial charge in [0.2, 0.25) is 0 Å². The van der Waals surface area contributed by atoms with E-state index in [1.54, 1.807) is 23.5 Å². The smallest absolute Gasteiger partial charge is 0.221 e. The van der Waals surface area contributed by atoms with Gasteiger partial charge in [0, 0.05) is 57.9 Å². The molecule has 0 aromatic heterocycles. The van der Waals surface area contributed by atoms with Gasteiger partial charge in [0.15, 0.2) is 0 Å². The first kappa shape index (κ1) is 41.9. The summed E-state index contributed by atoms with van der Waals surface area (Å²) < 4.78 is 48.9. The van der Waals surface area contributed by atoms with Crippen LogP contribution in [0.3, 0.4) is 0 Å². The zero-order valence-electron chi connectivity index (χ0n) is 31.2. The molecule has 296 valence electrons. The van der Waals surface area contributed by atoms with Crippen LogP contribution in [0.2, 0.25) is 0 Å². The molecule has 0 aliphatic carbocycles. The molecule has 0 aliphatic rings. The summed E-state index contributed by atoms with van der Waals surface area (Å²) in [5.41, 5.74) is 0. The first-order chi connectivity index (χ1) is 28.7. The van der Waals surface area contributed by atoms with Crippen LogP contribution >= 0.6 is 83.9 Å². The van der Waals surface area contributed by atoms with E-state index < -0.39 is 28.5 Å². The number of rotatable bonds is 14. The van der Waals surface area contributed by atoms with Gasteiger partial charge in [0.1, 0.15) is 0 Å². The Morgan fingerprint density at radius 2 is 0.576 bits per heavy atom. The van der Waals surface area contributed by atoms with Crippen molar-refractivity contribution in [3.05, 3.63) is 227 Å². The normalized spacial score (nSPS) is 12.5. The maximum Gasteiger partial charge on any atom is 0.534 e. The van der Waals surface area contributed by atoms with Gasteiger partial charge in [-0.3, -0.25) is 0 Å². The first-order valence-electron chi connectivity index (χ1n) is 18.4. The van der Waals surface area contributed by atoms with Crippen LogP contribution in [0.1, 0.15) is 0 Å². The minimum atomic E-state index is -5.52. The van der Waals surface area contributed by atoms with E-state index >= 15 is 8.76 Å². The summed E-state index contributed by atoms with van der Waals surface area (Å²) in [6.07, 6.45) is 0. The lowest BCUT2D eigenvalue weighted by Crippen LogP contribution is -2.10. The molecule has 8 rings (SSSR count). The molecule has 0 unspecified atom stereocenters. The van der Waals surface area contributed by atoms with Crippen molar-refractivity contribution >= 4 is 83.9 Å². The minimum absolute atomic E-state index is 0.672. The van der Waals surface area contributed by atoms with Crippen molar-refractivity contribution in [2.45, 2.75) is 49.0 Å². The van der Waals surface area contributed by atoms with E-state index in [-0.39, 0.29) is 0 Å². The van der Waals surface area contributed by atoms with Gasteiger partial charge in [0.05, 0.1) is 0 Å². The molecule has 8 aromatic rings. The van der Waals surface area contributed by atoms with Gasteiger partial charge < -0.3 is 0 Å². The van der Waals surface area contributed by atoms with Crippen molar-refractivity contribution < 1.29 is 16.7 Å². The topological polar surface area (TPSA) is 35.5 Å². The van der Waals surface area contributed by atoms with E-state index in [0.29, 0.717) is 29.4 Å². The first-order valence-corrected chi connectivity index (χ1v) is 26.2. The molecular weight excluding hydrogens is 963 g/mol. The Bertz CT molecular complexity index is 2380. The fourth-order valence-corrected chi connectivity index (χ4v) is 18.0. The number of halogens is 3. The van der Waals surface area contributed by atoms with Crippen LogP contribution in [0.25, 0.3) is 0 Å². The molecule has 0 N–H and O–H groups in total. The highest BCUT2D eigenvalue weighted by molar-refractivity contribution is 9.10. The molecule has 0 saturated heterocycles. The van der Waals surface area contributed by atoms with Gasteiger partial charge in [-0.25, -0.2) is 12.5 Å². The molecule has 8 aromatic carbocycles. The summed E-state index contributed by atoms with van der Waals surface area (Å²) in [7, 11) is -11.6. The molecule has 0 atom stereocenters. The van der Waals surface area contributed by atoms with E-state index in [1.807, 2.05) is 194 Å². The van der Waals surface area contributed by atoms with Crippen LogP contribution < -0.4 is 0 Å². The molecule has 0 saturated carbocycles. The number of hydrogen-bond donors (Lipinski definition) is 0. The third-order valence-corrected chi connectivity index (χ3v) is 21.0. The molecular formula is C48H36Br2FO3PS4. The highest BCUT2D eigenvalue weighted by Gasteiger charge is 2.47. The molecule has 0 spiro atoms. The van der Waals surface area contributed by atoms with Gasteiger partial charge in [-0.1, -0.05) is 128 Å². The average Bonchev–Trinajstić information content (AvgIpc) is 3.28. The Hall–Kier alpha value is -3.80. The second kappa shape index (κ2) is 18.9. The Balaban J connectivity index is 1.26. The molecule has 0 heterocycles. The summed E-state index contributed by atoms with van der Waals surface area (Å²) in [5.74, 6) is 0. The Labute approximate surface area is 373 Å². The maximum atomic E-state index is 18.1. The average molecular weight is 999 g/mol. The largest absolute Gasteiger partial charge is 0.534 e. The van der Waals surface area contributed by atoms with Crippen molar-refractivity contribution in [2.75, 3.05) is 0 Å². The summed E-state index contributed by atoms with van der Waals surface area (Å²) in [5, 5.41) is 0. The molecule has 0 bridgehead atoms. The molecule has 0 radical (unpaired) electrons. The standard InChI is InChI=1S/C48H36Br2FO3PS4/c49-37-21-25-39(26-22-37)56-41-29-33-47(34-30-41)58(43-13-5-1-6-14-43,44-15-7-2-8-16-44)53-55(51,52)54-59(45-17-9-3-10-18-45,46-19-11-4-12-20-46)48-35-31-42(32-36-48)57-40-27-23-38(50)24-28-40/h1-36H. The van der Waals surface area contributed by atoms with E-state index in [9.17, 15) is 0 Å². The zero-order valence-corrected chi connectivity index (χ0v) is 38.6. The summed E-state index contributed by atoms with van der Waals surface area (Å²) in [4.78, 5) is 8.18. The minimum Gasteiger partial charge on any atom is -0.221 e. The Morgan fingerprint density at radius 3 is 0.831 bits per heavy atom. The van der Waals surface area contributed by atoms with Crippen molar-refractivity contribution in [1.29, 1.82) is 0 Å². The third-order valence-electron chi connectivity index (χ3n) is 9.11. The van der Waals surface area contributed by atoms with Crippen molar-refractivity contribution in [1.82, 2.24) is 0 Å². The lowest BCUT2D eigenvalue weighted by Gasteiger charge is -2.44. The molecule has 11 heteroatoms. The predicted molar refractivity (Wildman–Crippen MR) is 251 cm³/mol. The maximum absolute atomic E-state index is 18.1. The zero-order chi connectivity index (χ0) is 40.7. The summed E-state index contributed by atoms with van der Waals surface area (Å²) in [6, 6.07) is 70.0. The highest BCUT2D eigenvalue weighted by Crippen LogP contribution is 2.83. The van der Waals surface area contributed by atoms with Crippen LogP contribution in [0.5, 0.6) is 0 Å². The van der Waals surface area contributed by atoms with Gasteiger partial charge in [0.25, 0.3) is 0 Å². The molecule has 0 fully saturated rings. The fraction of sp³-hybridized carbons (Fsp3) is 0. The second-order valence-corrected chi connectivity index (χ2v) is 24.2. The Morgan fingerprint density at radius 1 is 0.356 bits per heavy atom. The van der Waals surface area contributed by atoms with Crippen molar-refractivity contribution in [3.8, 4) is 0 Å². The van der Waals surface area contributed by atoms with Crippen LogP contribution in [0.15, 0.2) is 276 Å². The lowest BCUT2D eigenvalue weighted by atomic mass is 10.3. The lowest BCUT2D eigenvalue weighted by molar-refractivity contribution is 0.365. The van der Waals surface area contributed by atoms with Crippen molar-refractivity contribution in [3.63, 3.8) is 0 Å². The SMILES string of the molecule is O=P(F)(OS(c1ccccc1)(c1ccccc1)c1ccc(Sc2ccc(Br)cc2)cc1)OS(c1ccccc1)(c1ccccc1)c1ccc(Sc2ccc(Br)cc2)cc1. The summed E-state index contributed by atoms with van der Waals surface area (Å²) in [6.45, 7) is 0. The quantitative estimate of drug-likeness (QED) is 0.101. The third kappa shape index (κ3) is 9.57. The highest BCUT2D eigenvalue weighted by atomic mass is 79.9. The molecule has 59 heavy (non-hydrogen) atoms. The monoisotopic (exact) mass is 996 g/mol. The van der Waals surface area contributed by atoms with Crippen molar-refractivity contribution in [2.24, 2.45) is 0 Å². The second-order valence-electron chi connectivity index (χ2n) is 13.0. The van der Waals surface area contributed by atoms with E-state index in [0.717, 1.165) is 28.5 Å². The van der Waals surface area contributed by atoms with E-state index in [4.69, 9.17) is 7.94 Å². The van der Waals surface area contributed by atoms with Crippen LogP contribution in [0.4, 0.5) is 4.20 Å². The Kier molecular flexibility index (Phi) is 13.4. The molecule has 3 nitrogen and oxygen atoms in total. The predicted octanol–water partition coefficient (Wildman–Crippen LogP) is 17.7. The van der Waals surface area contributed by atoms with Crippen LogP contribution in [-0.2, 0) is 12.5 Å². The van der Waals surface area contributed by atoms with E-state index in [2.05, 4.69) is 56.1 Å². The van der Waals surface area contributed by atoms with Gasteiger partial charge in [-0.05, 0) is 166 Å². The number of hydrogen-bond acceptors (Lipinski definition) is 5. The van der Waals surface area contributed by atoms with Gasteiger partial charge >= 0.3 is 7.91 Å². The number of benzene rings is 8. The van der Waals surface area contributed by atoms with Crippen LogP contribution in [0, 0.1) is 0 Å².